The number of methoxy groups -OCH3 is 2. The summed E-state index contributed by atoms with van der Waals surface area (Å²) < 4.78 is 10.1. The molecule has 6 nitrogen and oxygen atoms in total. The second-order valence-electron chi connectivity index (χ2n) is 4.17. The molecule has 2 aromatic rings. The lowest BCUT2D eigenvalue weighted by molar-refractivity contribution is 0.0607. The molecule has 0 saturated heterocycles. The number of rotatable bonds is 4. The first-order chi connectivity index (χ1) is 9.58. The van der Waals surface area contributed by atoms with Crippen LogP contribution in [0.15, 0.2) is 17.3 Å². The molecule has 20 heavy (non-hydrogen) atoms. The van der Waals surface area contributed by atoms with Crippen molar-refractivity contribution < 1.29 is 14.3 Å². The molecule has 0 unspecified atom stereocenters. The Morgan fingerprint density at radius 3 is 2.80 bits per heavy atom. The molecule has 0 aliphatic heterocycles. The van der Waals surface area contributed by atoms with E-state index in [0.29, 0.717) is 21.1 Å². The molecule has 0 amide bonds. The van der Waals surface area contributed by atoms with E-state index in [1.165, 1.54) is 18.4 Å². The fourth-order valence-electron chi connectivity index (χ4n) is 1.68. The second kappa shape index (κ2) is 5.87. The number of thiophene rings is 1. The maximum atomic E-state index is 11.9. The Morgan fingerprint density at radius 2 is 2.20 bits per heavy atom. The van der Waals surface area contributed by atoms with Gasteiger partial charge in [-0.05, 0) is 6.07 Å². The van der Waals surface area contributed by atoms with Crippen molar-refractivity contribution in [3.63, 3.8) is 0 Å². The van der Waals surface area contributed by atoms with E-state index in [1.807, 2.05) is 14.1 Å². The number of pyridine rings is 1. The van der Waals surface area contributed by atoms with Crippen molar-refractivity contribution in [2.45, 2.75) is 0 Å². The zero-order chi connectivity index (χ0) is 14.7. The molecule has 0 atom stereocenters. The van der Waals surface area contributed by atoms with Crippen LogP contribution in [0, 0.1) is 0 Å². The SMILES string of the molecule is COC(=O)c1sc2nccc(OC)c2c1/N=C\N(C)C. The van der Waals surface area contributed by atoms with E-state index in [0.717, 1.165) is 5.39 Å². The first kappa shape index (κ1) is 14.3. The molecule has 2 aromatic heterocycles. The van der Waals surface area contributed by atoms with Gasteiger partial charge in [0.15, 0.2) is 0 Å². The van der Waals surface area contributed by atoms with Crippen LogP contribution in [0.2, 0.25) is 0 Å². The van der Waals surface area contributed by atoms with Gasteiger partial charge in [0, 0.05) is 20.3 Å². The highest BCUT2D eigenvalue weighted by Gasteiger charge is 2.22. The Labute approximate surface area is 120 Å². The summed E-state index contributed by atoms with van der Waals surface area (Å²) in [5.41, 5.74) is 0.524. The van der Waals surface area contributed by atoms with E-state index in [9.17, 15) is 4.79 Å². The third kappa shape index (κ3) is 2.57. The Bertz CT molecular complexity index is 664. The van der Waals surface area contributed by atoms with Crippen molar-refractivity contribution in [1.29, 1.82) is 0 Å². The molecule has 106 valence electrons. The number of hydrogen-bond donors (Lipinski definition) is 0. The first-order valence-corrected chi connectivity index (χ1v) is 6.64. The van der Waals surface area contributed by atoms with Gasteiger partial charge in [0.05, 0.1) is 25.9 Å². The van der Waals surface area contributed by atoms with Crippen molar-refractivity contribution in [2.24, 2.45) is 4.99 Å². The van der Waals surface area contributed by atoms with Crippen LogP contribution in [-0.2, 0) is 4.74 Å². The summed E-state index contributed by atoms with van der Waals surface area (Å²) in [6.07, 6.45) is 3.26. The van der Waals surface area contributed by atoms with Crippen LogP contribution in [0.1, 0.15) is 9.67 Å². The fraction of sp³-hybridized carbons (Fsp3) is 0.308. The predicted molar refractivity (Wildman–Crippen MR) is 79.4 cm³/mol. The Hall–Kier alpha value is -2.15. The molecule has 0 fully saturated rings. The molecule has 0 spiro atoms. The van der Waals surface area contributed by atoms with Gasteiger partial charge in [-0.2, -0.15) is 0 Å². The van der Waals surface area contributed by atoms with Crippen molar-refractivity contribution in [3.05, 3.63) is 17.1 Å². The summed E-state index contributed by atoms with van der Waals surface area (Å²) in [7, 11) is 6.62. The van der Waals surface area contributed by atoms with Gasteiger partial charge in [-0.3, -0.25) is 0 Å². The Balaban J connectivity index is 2.72. The Kier molecular flexibility index (Phi) is 4.19. The van der Waals surface area contributed by atoms with Gasteiger partial charge in [-0.15, -0.1) is 11.3 Å². The van der Waals surface area contributed by atoms with Gasteiger partial charge in [-0.25, -0.2) is 14.8 Å². The molecule has 7 heteroatoms. The number of hydrogen-bond acceptors (Lipinski definition) is 6. The molecule has 2 heterocycles. The molecular weight excluding hydrogens is 278 g/mol. The summed E-state index contributed by atoms with van der Waals surface area (Å²) in [5.74, 6) is 0.202. The normalized spacial score (nSPS) is 11.0. The molecule has 0 aliphatic carbocycles. The average Bonchev–Trinajstić information content (AvgIpc) is 2.82. The van der Waals surface area contributed by atoms with Crippen LogP contribution in [-0.4, -0.2) is 50.5 Å². The topological polar surface area (TPSA) is 64.0 Å². The molecule has 0 saturated carbocycles. The zero-order valence-electron chi connectivity index (χ0n) is 11.7. The predicted octanol–water partition coefficient (Wildman–Crippen LogP) is 2.31. The third-order valence-electron chi connectivity index (χ3n) is 2.54. The third-order valence-corrected chi connectivity index (χ3v) is 3.60. The van der Waals surface area contributed by atoms with Crippen LogP contribution in [0.25, 0.3) is 10.2 Å². The Morgan fingerprint density at radius 1 is 1.45 bits per heavy atom. The maximum Gasteiger partial charge on any atom is 0.350 e. The van der Waals surface area contributed by atoms with Crippen LogP contribution >= 0.6 is 11.3 Å². The minimum atomic E-state index is -0.430. The van der Waals surface area contributed by atoms with Crippen LogP contribution in [0.3, 0.4) is 0 Å². The van der Waals surface area contributed by atoms with Gasteiger partial charge >= 0.3 is 5.97 Å². The average molecular weight is 293 g/mol. The lowest BCUT2D eigenvalue weighted by Gasteiger charge is -2.05. The van der Waals surface area contributed by atoms with E-state index >= 15 is 0 Å². The van der Waals surface area contributed by atoms with E-state index in [2.05, 4.69) is 9.98 Å². The van der Waals surface area contributed by atoms with Crippen LogP contribution in [0.5, 0.6) is 5.75 Å². The smallest absolute Gasteiger partial charge is 0.350 e. The first-order valence-electron chi connectivity index (χ1n) is 5.83. The highest BCUT2D eigenvalue weighted by Crippen LogP contribution is 2.42. The van der Waals surface area contributed by atoms with Gasteiger partial charge in [-0.1, -0.05) is 0 Å². The number of carbonyl (C=O) groups excluding carboxylic acids is 1. The highest BCUT2D eigenvalue weighted by molar-refractivity contribution is 7.21. The minimum absolute atomic E-state index is 0.414. The number of fused-ring (bicyclic) bond motifs is 1. The molecule has 0 N–H and O–H groups in total. The highest BCUT2D eigenvalue weighted by atomic mass is 32.1. The standard InChI is InChI=1S/C13H15N3O3S/c1-16(2)7-15-10-9-8(18-3)5-6-14-12(9)20-11(10)13(17)19-4/h5-7H,1-4H3/b15-7-. The summed E-state index contributed by atoms with van der Waals surface area (Å²) in [4.78, 5) is 23.4. The number of aromatic nitrogens is 1. The summed E-state index contributed by atoms with van der Waals surface area (Å²) in [5, 5.41) is 0.721. The monoisotopic (exact) mass is 293 g/mol. The van der Waals surface area contributed by atoms with Crippen molar-refractivity contribution >= 4 is 39.5 Å². The molecule has 0 aliphatic rings. The van der Waals surface area contributed by atoms with E-state index in [-0.39, 0.29) is 0 Å². The van der Waals surface area contributed by atoms with Crippen molar-refractivity contribution in [1.82, 2.24) is 9.88 Å². The van der Waals surface area contributed by atoms with Gasteiger partial charge in [0.1, 0.15) is 21.1 Å². The summed E-state index contributed by atoms with van der Waals surface area (Å²) in [6, 6.07) is 1.74. The lowest BCUT2D eigenvalue weighted by Crippen LogP contribution is -2.07. The molecule has 2 rings (SSSR count). The second-order valence-corrected chi connectivity index (χ2v) is 5.17. The molecule has 0 bridgehead atoms. The number of ether oxygens (including phenoxy) is 2. The van der Waals surface area contributed by atoms with Gasteiger partial charge in [0.2, 0.25) is 0 Å². The maximum absolute atomic E-state index is 11.9. The van der Waals surface area contributed by atoms with E-state index < -0.39 is 5.97 Å². The van der Waals surface area contributed by atoms with Crippen molar-refractivity contribution in [2.75, 3.05) is 28.3 Å². The number of nitrogens with zero attached hydrogens (tertiary/aromatic N) is 3. The van der Waals surface area contributed by atoms with E-state index in [1.54, 1.807) is 30.6 Å². The summed E-state index contributed by atoms with van der Waals surface area (Å²) >= 11 is 1.24. The minimum Gasteiger partial charge on any atom is -0.496 e. The molecule has 0 radical (unpaired) electrons. The molecule has 0 aromatic carbocycles. The molecular formula is C13H15N3O3S. The number of carbonyl (C=O) groups is 1. The van der Waals surface area contributed by atoms with Crippen LogP contribution in [0.4, 0.5) is 5.69 Å². The number of esters is 1. The zero-order valence-corrected chi connectivity index (χ0v) is 12.5. The van der Waals surface area contributed by atoms with Crippen LogP contribution < -0.4 is 4.74 Å². The largest absolute Gasteiger partial charge is 0.496 e. The lowest BCUT2D eigenvalue weighted by atomic mass is 10.2. The van der Waals surface area contributed by atoms with Gasteiger partial charge in [0.25, 0.3) is 0 Å². The van der Waals surface area contributed by atoms with E-state index in [4.69, 9.17) is 9.47 Å². The quantitative estimate of drug-likeness (QED) is 0.492. The fourth-order valence-corrected chi connectivity index (χ4v) is 2.70. The van der Waals surface area contributed by atoms with Crippen molar-refractivity contribution in [3.8, 4) is 5.75 Å². The van der Waals surface area contributed by atoms with Gasteiger partial charge < -0.3 is 14.4 Å². The number of aliphatic imine (C=N–C) groups is 1. The summed E-state index contributed by atoms with van der Waals surface area (Å²) in [6.45, 7) is 0.